The van der Waals surface area contributed by atoms with Crippen LogP contribution in [0.25, 0.3) is 16.9 Å². The Kier molecular flexibility index (Phi) is 1.57. The zero-order valence-corrected chi connectivity index (χ0v) is 9.64. The molecule has 0 fully saturated rings. The summed E-state index contributed by atoms with van der Waals surface area (Å²) in [7, 11) is 0. The van der Waals surface area contributed by atoms with E-state index >= 15 is 0 Å². The molecule has 1 aliphatic carbocycles. The number of benzene rings is 1. The van der Waals surface area contributed by atoms with Crippen molar-refractivity contribution in [2.75, 3.05) is 0 Å². The summed E-state index contributed by atoms with van der Waals surface area (Å²) in [5.41, 5.74) is 7.50. The Morgan fingerprint density at radius 2 is 2.00 bits per heavy atom. The molecule has 0 radical (unpaired) electrons. The monoisotopic (exact) mass is 220 g/mol. The van der Waals surface area contributed by atoms with E-state index in [4.69, 9.17) is 4.98 Å². The van der Waals surface area contributed by atoms with Gasteiger partial charge in [0.1, 0.15) is 5.65 Å². The van der Waals surface area contributed by atoms with E-state index in [1.54, 1.807) is 0 Å². The van der Waals surface area contributed by atoms with Gasteiger partial charge >= 0.3 is 0 Å². The van der Waals surface area contributed by atoms with Crippen molar-refractivity contribution in [1.29, 1.82) is 0 Å². The molecule has 2 heteroatoms. The van der Waals surface area contributed by atoms with Crippen LogP contribution in [-0.4, -0.2) is 9.38 Å². The SMILES string of the molecule is Cc1cccn2c3c(nc12)-c1ccccc1C3. The molecular formula is C15H12N2. The number of hydrogen-bond acceptors (Lipinski definition) is 1. The van der Waals surface area contributed by atoms with Crippen LogP contribution in [0.3, 0.4) is 0 Å². The number of aromatic nitrogens is 2. The van der Waals surface area contributed by atoms with Gasteiger partial charge in [0.15, 0.2) is 0 Å². The molecule has 4 rings (SSSR count). The van der Waals surface area contributed by atoms with Crippen molar-refractivity contribution < 1.29 is 0 Å². The summed E-state index contributed by atoms with van der Waals surface area (Å²) in [4.78, 5) is 4.80. The van der Waals surface area contributed by atoms with E-state index in [9.17, 15) is 0 Å². The van der Waals surface area contributed by atoms with Crippen molar-refractivity contribution in [1.82, 2.24) is 9.38 Å². The molecule has 2 nitrogen and oxygen atoms in total. The van der Waals surface area contributed by atoms with Gasteiger partial charge in [0.2, 0.25) is 0 Å². The normalized spacial score (nSPS) is 12.8. The number of nitrogens with zero attached hydrogens (tertiary/aromatic N) is 2. The minimum atomic E-state index is 0.996. The van der Waals surface area contributed by atoms with E-state index in [2.05, 4.69) is 53.9 Å². The van der Waals surface area contributed by atoms with E-state index in [0.29, 0.717) is 0 Å². The molecule has 0 atom stereocenters. The van der Waals surface area contributed by atoms with E-state index < -0.39 is 0 Å². The van der Waals surface area contributed by atoms with Crippen molar-refractivity contribution in [3.63, 3.8) is 0 Å². The first-order valence-corrected chi connectivity index (χ1v) is 5.89. The lowest BCUT2D eigenvalue weighted by molar-refractivity contribution is 1.04. The Balaban J connectivity index is 2.12. The third-order valence-electron chi connectivity index (χ3n) is 3.57. The first-order valence-electron chi connectivity index (χ1n) is 5.89. The van der Waals surface area contributed by atoms with Gasteiger partial charge in [0.05, 0.1) is 11.4 Å². The molecule has 0 saturated heterocycles. The third-order valence-corrected chi connectivity index (χ3v) is 3.57. The van der Waals surface area contributed by atoms with E-state index in [1.165, 1.54) is 22.4 Å². The van der Waals surface area contributed by atoms with Crippen molar-refractivity contribution in [3.8, 4) is 11.3 Å². The molecular weight excluding hydrogens is 208 g/mol. The lowest BCUT2D eigenvalue weighted by Crippen LogP contribution is -1.92. The first kappa shape index (κ1) is 8.99. The zero-order valence-electron chi connectivity index (χ0n) is 9.64. The highest BCUT2D eigenvalue weighted by atomic mass is 15.0. The van der Waals surface area contributed by atoms with Crippen LogP contribution in [0.4, 0.5) is 0 Å². The Morgan fingerprint density at radius 3 is 2.94 bits per heavy atom. The molecule has 0 amide bonds. The van der Waals surface area contributed by atoms with E-state index in [-0.39, 0.29) is 0 Å². The lowest BCUT2D eigenvalue weighted by atomic mass is 10.1. The Hall–Kier alpha value is -2.09. The second-order valence-electron chi connectivity index (χ2n) is 4.63. The summed E-state index contributed by atoms with van der Waals surface area (Å²) in [5, 5.41) is 0. The number of fused-ring (bicyclic) bond motifs is 5. The number of aryl methyl sites for hydroxylation is 1. The van der Waals surface area contributed by atoms with Crippen molar-refractivity contribution in [2.24, 2.45) is 0 Å². The molecule has 0 aliphatic heterocycles. The van der Waals surface area contributed by atoms with Gasteiger partial charge in [-0.05, 0) is 24.1 Å². The summed E-state index contributed by atoms with van der Waals surface area (Å²) in [6, 6.07) is 12.8. The summed E-state index contributed by atoms with van der Waals surface area (Å²) in [6.07, 6.45) is 3.11. The molecule has 3 aromatic rings. The van der Waals surface area contributed by atoms with Gasteiger partial charge in [0.25, 0.3) is 0 Å². The first-order chi connectivity index (χ1) is 8.34. The number of rotatable bonds is 0. The predicted octanol–water partition coefficient (Wildman–Crippen LogP) is 3.21. The van der Waals surface area contributed by atoms with Crippen LogP contribution in [0.1, 0.15) is 16.8 Å². The Labute approximate surface area is 99.6 Å². The molecule has 2 heterocycles. The fourth-order valence-electron chi connectivity index (χ4n) is 2.72. The molecule has 0 spiro atoms. The van der Waals surface area contributed by atoms with Gasteiger partial charge in [-0.25, -0.2) is 4.98 Å². The summed E-state index contributed by atoms with van der Waals surface area (Å²) in [6.45, 7) is 2.11. The second-order valence-corrected chi connectivity index (χ2v) is 4.63. The highest BCUT2D eigenvalue weighted by molar-refractivity contribution is 5.76. The average Bonchev–Trinajstić information content (AvgIpc) is 2.87. The number of pyridine rings is 1. The van der Waals surface area contributed by atoms with Crippen LogP contribution in [0.2, 0.25) is 0 Å². The number of imidazole rings is 1. The molecule has 0 N–H and O–H groups in total. The largest absolute Gasteiger partial charge is 0.303 e. The molecule has 0 unspecified atom stereocenters. The maximum atomic E-state index is 4.80. The maximum Gasteiger partial charge on any atom is 0.140 e. The van der Waals surface area contributed by atoms with Gasteiger partial charge in [-0.3, -0.25) is 0 Å². The van der Waals surface area contributed by atoms with Crippen LogP contribution in [0.5, 0.6) is 0 Å². The van der Waals surface area contributed by atoms with Crippen LogP contribution < -0.4 is 0 Å². The summed E-state index contributed by atoms with van der Waals surface area (Å²) in [5.74, 6) is 0. The minimum Gasteiger partial charge on any atom is -0.303 e. The van der Waals surface area contributed by atoms with E-state index in [1.807, 2.05) is 0 Å². The smallest absolute Gasteiger partial charge is 0.140 e. The van der Waals surface area contributed by atoms with E-state index in [0.717, 1.165) is 17.8 Å². The molecule has 1 aromatic carbocycles. The maximum absolute atomic E-state index is 4.80. The summed E-state index contributed by atoms with van der Waals surface area (Å²) < 4.78 is 2.23. The van der Waals surface area contributed by atoms with Crippen LogP contribution in [-0.2, 0) is 6.42 Å². The second kappa shape index (κ2) is 2.98. The van der Waals surface area contributed by atoms with Gasteiger partial charge in [-0.15, -0.1) is 0 Å². The number of hydrogen-bond donors (Lipinski definition) is 0. The molecule has 17 heavy (non-hydrogen) atoms. The van der Waals surface area contributed by atoms with Crippen LogP contribution >= 0.6 is 0 Å². The predicted molar refractivity (Wildman–Crippen MR) is 68.2 cm³/mol. The Bertz CT molecular complexity index is 738. The van der Waals surface area contributed by atoms with Crippen molar-refractivity contribution in [2.45, 2.75) is 13.3 Å². The molecule has 0 saturated carbocycles. The van der Waals surface area contributed by atoms with Gasteiger partial charge in [-0.2, -0.15) is 0 Å². The highest BCUT2D eigenvalue weighted by Gasteiger charge is 2.23. The Morgan fingerprint density at radius 1 is 1.12 bits per heavy atom. The van der Waals surface area contributed by atoms with Crippen molar-refractivity contribution in [3.05, 3.63) is 59.4 Å². The van der Waals surface area contributed by atoms with Crippen molar-refractivity contribution >= 4 is 5.65 Å². The molecule has 82 valence electrons. The van der Waals surface area contributed by atoms with Gasteiger partial charge in [-0.1, -0.05) is 30.3 Å². The minimum absolute atomic E-state index is 0.996. The quantitative estimate of drug-likeness (QED) is 0.445. The fraction of sp³-hybridized carbons (Fsp3) is 0.133. The molecule has 1 aliphatic rings. The topological polar surface area (TPSA) is 17.3 Å². The zero-order chi connectivity index (χ0) is 11.4. The standard InChI is InChI=1S/C15H12N2/c1-10-5-4-8-17-13-9-11-6-2-3-7-12(11)14(13)16-15(10)17/h2-8H,9H2,1H3. The van der Waals surface area contributed by atoms with Crippen LogP contribution in [0.15, 0.2) is 42.6 Å². The summed E-state index contributed by atoms with van der Waals surface area (Å²) >= 11 is 0. The fourth-order valence-corrected chi connectivity index (χ4v) is 2.72. The van der Waals surface area contributed by atoms with Gasteiger partial charge in [0, 0.05) is 18.2 Å². The average molecular weight is 220 g/mol. The van der Waals surface area contributed by atoms with Crippen LogP contribution in [0, 0.1) is 6.92 Å². The lowest BCUT2D eigenvalue weighted by Gasteiger charge is -2.01. The molecule has 0 bridgehead atoms. The van der Waals surface area contributed by atoms with Gasteiger partial charge < -0.3 is 4.40 Å². The highest BCUT2D eigenvalue weighted by Crippen LogP contribution is 2.36. The third kappa shape index (κ3) is 1.07. The molecule has 2 aromatic heterocycles.